The Bertz CT molecular complexity index is 683. The molecular weight excluding hydrogens is 310 g/mol. The number of hydrogen-bond acceptors (Lipinski definition) is 1. The Labute approximate surface area is 121 Å². The van der Waals surface area contributed by atoms with Crippen LogP contribution in [0.3, 0.4) is 0 Å². The lowest BCUT2D eigenvalue weighted by atomic mass is 9.98. The Morgan fingerprint density at radius 3 is 1.64 bits per heavy atom. The van der Waals surface area contributed by atoms with Gasteiger partial charge in [-0.15, -0.1) is 0 Å². The maximum absolute atomic E-state index is 12.8. The molecule has 116 valence electrons. The van der Waals surface area contributed by atoms with Gasteiger partial charge in [-0.05, 0) is 23.3 Å². The van der Waals surface area contributed by atoms with Crippen molar-refractivity contribution in [2.24, 2.45) is 0 Å². The molecule has 0 N–H and O–H groups in total. The Morgan fingerprint density at radius 1 is 0.682 bits per heavy atom. The number of carbonyl (C=O) groups excluding carboxylic acids is 1. The van der Waals surface area contributed by atoms with E-state index in [9.17, 15) is 31.1 Å². The second-order valence-electron chi connectivity index (χ2n) is 4.50. The first-order valence-corrected chi connectivity index (χ1v) is 5.97. The van der Waals surface area contributed by atoms with Crippen LogP contribution in [0.4, 0.5) is 26.3 Å². The van der Waals surface area contributed by atoms with Crippen LogP contribution >= 0.6 is 0 Å². The summed E-state index contributed by atoms with van der Waals surface area (Å²) in [5.74, 6) is 0. The van der Waals surface area contributed by atoms with E-state index in [1.54, 1.807) is 0 Å². The maximum Gasteiger partial charge on any atom is 0.417 e. The van der Waals surface area contributed by atoms with Gasteiger partial charge in [0.15, 0.2) is 0 Å². The second-order valence-corrected chi connectivity index (χ2v) is 4.50. The van der Waals surface area contributed by atoms with Crippen molar-refractivity contribution in [3.63, 3.8) is 0 Å². The predicted molar refractivity (Wildman–Crippen MR) is 67.3 cm³/mol. The van der Waals surface area contributed by atoms with Crippen LogP contribution in [0, 0.1) is 0 Å². The molecule has 0 unspecified atom stereocenters. The number of benzene rings is 2. The molecule has 2 rings (SSSR count). The molecule has 0 aromatic heterocycles. The third-order valence-corrected chi connectivity index (χ3v) is 3.01. The lowest BCUT2D eigenvalue weighted by Crippen LogP contribution is -2.16. The smallest absolute Gasteiger partial charge is 0.298 e. The van der Waals surface area contributed by atoms with Crippen molar-refractivity contribution in [3.05, 3.63) is 59.2 Å². The first-order valence-electron chi connectivity index (χ1n) is 5.97. The van der Waals surface area contributed by atoms with E-state index in [1.165, 1.54) is 24.3 Å². The lowest BCUT2D eigenvalue weighted by Gasteiger charge is -2.16. The van der Waals surface area contributed by atoms with Gasteiger partial charge in [0.2, 0.25) is 0 Å². The summed E-state index contributed by atoms with van der Waals surface area (Å²) in [6.07, 6.45) is -9.66. The Kier molecular flexibility index (Phi) is 4.00. The van der Waals surface area contributed by atoms with E-state index < -0.39 is 23.5 Å². The second kappa shape index (κ2) is 5.47. The van der Waals surface area contributed by atoms with Crippen molar-refractivity contribution < 1.29 is 31.1 Å². The largest absolute Gasteiger partial charge is 0.417 e. The quantitative estimate of drug-likeness (QED) is 0.549. The summed E-state index contributed by atoms with van der Waals surface area (Å²) in [7, 11) is 0. The number of carbonyl (C=O) groups is 1. The van der Waals surface area contributed by atoms with Crippen LogP contribution in [0.15, 0.2) is 42.5 Å². The Hall–Kier alpha value is -2.31. The third kappa shape index (κ3) is 3.29. The van der Waals surface area contributed by atoms with Gasteiger partial charge in [-0.2, -0.15) is 26.3 Å². The molecule has 0 spiro atoms. The van der Waals surface area contributed by atoms with Gasteiger partial charge in [0.1, 0.15) is 6.29 Å². The van der Waals surface area contributed by atoms with Gasteiger partial charge >= 0.3 is 12.4 Å². The molecule has 0 saturated carbocycles. The highest BCUT2D eigenvalue weighted by atomic mass is 19.4. The normalized spacial score (nSPS) is 12.3. The summed E-state index contributed by atoms with van der Waals surface area (Å²) in [6.45, 7) is 0. The minimum Gasteiger partial charge on any atom is -0.298 e. The zero-order valence-corrected chi connectivity index (χ0v) is 10.8. The Balaban J connectivity index is 2.57. The molecule has 0 amide bonds. The van der Waals surface area contributed by atoms with Crippen LogP contribution in [-0.4, -0.2) is 6.29 Å². The molecule has 0 heterocycles. The van der Waals surface area contributed by atoms with Crippen molar-refractivity contribution in [2.45, 2.75) is 12.4 Å². The standard InChI is InChI=1S/C15H8F6O/c16-14(17,18)12-6-5-11(7-13(12)15(19,20)21)10-3-1-9(8-22)2-4-10/h1-8H. The highest BCUT2D eigenvalue weighted by Crippen LogP contribution is 2.41. The molecule has 2 aromatic carbocycles. The molecular formula is C15H8F6O. The van der Waals surface area contributed by atoms with E-state index in [0.717, 1.165) is 6.07 Å². The summed E-state index contributed by atoms with van der Waals surface area (Å²) in [4.78, 5) is 10.5. The van der Waals surface area contributed by atoms with E-state index >= 15 is 0 Å². The molecule has 0 aliphatic heterocycles. The lowest BCUT2D eigenvalue weighted by molar-refractivity contribution is -0.162. The molecule has 0 bridgehead atoms. The molecule has 0 aliphatic carbocycles. The first kappa shape index (κ1) is 16.1. The molecule has 0 saturated heterocycles. The highest BCUT2D eigenvalue weighted by Gasteiger charge is 2.43. The van der Waals surface area contributed by atoms with Crippen LogP contribution in [0.2, 0.25) is 0 Å². The number of rotatable bonds is 2. The maximum atomic E-state index is 12.8. The van der Waals surface area contributed by atoms with Crippen molar-refractivity contribution in [1.29, 1.82) is 0 Å². The molecule has 2 aromatic rings. The first-order chi connectivity index (χ1) is 10.1. The summed E-state index contributed by atoms with van der Waals surface area (Å²) in [6, 6.07) is 7.30. The molecule has 22 heavy (non-hydrogen) atoms. The minimum atomic E-state index is -5.12. The van der Waals surface area contributed by atoms with Crippen LogP contribution in [0.1, 0.15) is 21.5 Å². The SMILES string of the molecule is O=Cc1ccc(-c2ccc(C(F)(F)F)c(C(F)(F)F)c2)cc1. The van der Waals surface area contributed by atoms with Crippen molar-refractivity contribution >= 4 is 6.29 Å². The van der Waals surface area contributed by atoms with Crippen LogP contribution in [0.5, 0.6) is 0 Å². The van der Waals surface area contributed by atoms with Gasteiger partial charge in [0, 0.05) is 5.56 Å². The van der Waals surface area contributed by atoms with Crippen molar-refractivity contribution in [1.82, 2.24) is 0 Å². The fourth-order valence-electron chi connectivity index (χ4n) is 1.96. The van der Waals surface area contributed by atoms with Crippen molar-refractivity contribution in [3.8, 4) is 11.1 Å². The summed E-state index contributed by atoms with van der Waals surface area (Å²) >= 11 is 0. The molecule has 0 atom stereocenters. The molecule has 7 heteroatoms. The summed E-state index contributed by atoms with van der Waals surface area (Å²) < 4.78 is 76.6. The van der Waals surface area contributed by atoms with E-state index in [0.29, 0.717) is 24.0 Å². The fraction of sp³-hybridized carbons (Fsp3) is 0.133. The van der Waals surface area contributed by atoms with E-state index in [1.807, 2.05) is 0 Å². The average Bonchev–Trinajstić information content (AvgIpc) is 2.45. The molecule has 0 fully saturated rings. The zero-order chi connectivity index (χ0) is 16.5. The molecule has 1 nitrogen and oxygen atoms in total. The van der Waals surface area contributed by atoms with Gasteiger partial charge in [-0.1, -0.05) is 30.3 Å². The van der Waals surface area contributed by atoms with Gasteiger partial charge in [0.05, 0.1) is 11.1 Å². The number of halogens is 6. The van der Waals surface area contributed by atoms with E-state index in [2.05, 4.69) is 0 Å². The van der Waals surface area contributed by atoms with Crippen LogP contribution in [0.25, 0.3) is 11.1 Å². The molecule has 0 radical (unpaired) electrons. The number of aldehydes is 1. The minimum absolute atomic E-state index is 0.0160. The van der Waals surface area contributed by atoms with E-state index in [-0.39, 0.29) is 11.1 Å². The zero-order valence-electron chi connectivity index (χ0n) is 10.8. The average molecular weight is 318 g/mol. The topological polar surface area (TPSA) is 17.1 Å². The number of alkyl halides is 6. The van der Waals surface area contributed by atoms with Gasteiger partial charge < -0.3 is 0 Å². The number of hydrogen-bond donors (Lipinski definition) is 0. The van der Waals surface area contributed by atoms with Gasteiger partial charge in [0.25, 0.3) is 0 Å². The van der Waals surface area contributed by atoms with Crippen LogP contribution < -0.4 is 0 Å². The Morgan fingerprint density at radius 2 is 1.18 bits per heavy atom. The van der Waals surface area contributed by atoms with Gasteiger partial charge in [-0.3, -0.25) is 4.79 Å². The predicted octanol–water partition coefficient (Wildman–Crippen LogP) is 5.20. The summed E-state index contributed by atoms with van der Waals surface area (Å²) in [5, 5.41) is 0. The highest BCUT2D eigenvalue weighted by molar-refractivity contribution is 5.77. The van der Waals surface area contributed by atoms with Crippen LogP contribution in [-0.2, 0) is 12.4 Å². The van der Waals surface area contributed by atoms with Gasteiger partial charge in [-0.25, -0.2) is 0 Å². The van der Waals surface area contributed by atoms with E-state index in [4.69, 9.17) is 0 Å². The van der Waals surface area contributed by atoms with Crippen molar-refractivity contribution in [2.75, 3.05) is 0 Å². The summed E-state index contributed by atoms with van der Waals surface area (Å²) in [5.41, 5.74) is -2.89. The third-order valence-electron chi connectivity index (χ3n) is 3.01. The molecule has 0 aliphatic rings. The monoisotopic (exact) mass is 318 g/mol. The fourth-order valence-corrected chi connectivity index (χ4v) is 1.96.